The lowest BCUT2D eigenvalue weighted by atomic mass is 10.2. The molecule has 1 aromatic heterocycles. The average Bonchev–Trinajstić information content (AvgIpc) is 2.56. The molecule has 0 bridgehead atoms. The summed E-state index contributed by atoms with van der Waals surface area (Å²) in [6.45, 7) is 2.85. The van der Waals surface area contributed by atoms with Crippen LogP contribution in [-0.2, 0) is 11.9 Å². The van der Waals surface area contributed by atoms with Gasteiger partial charge >= 0.3 is 0 Å². The molecule has 0 radical (unpaired) electrons. The Morgan fingerprint density at radius 2 is 2.29 bits per heavy atom. The van der Waals surface area contributed by atoms with Crippen LogP contribution in [0.5, 0.6) is 5.75 Å². The highest BCUT2D eigenvalue weighted by Gasteiger charge is 2.11. The van der Waals surface area contributed by atoms with Gasteiger partial charge in [-0.25, -0.2) is 0 Å². The number of benzene rings is 1. The van der Waals surface area contributed by atoms with Crippen molar-refractivity contribution in [1.82, 2.24) is 9.78 Å². The summed E-state index contributed by atoms with van der Waals surface area (Å²) in [5.41, 5.74) is 1.88. The Bertz CT molecular complexity index is 464. The molecule has 0 aliphatic carbocycles. The molecule has 1 N–H and O–H groups in total. The number of aryl methyl sites for hydroxylation is 1. The standard InChI is InChI=1S/C10H11BrN2O/c1-2-13-8(6-11)10-7(12-13)4-3-5-9(10)14/h3-5,14H,2,6H2,1H3. The highest BCUT2D eigenvalue weighted by atomic mass is 79.9. The molecule has 0 saturated heterocycles. The summed E-state index contributed by atoms with van der Waals surface area (Å²) in [5.74, 6) is 0.302. The molecule has 3 nitrogen and oxygen atoms in total. The fourth-order valence-corrected chi connectivity index (χ4v) is 2.19. The molecule has 4 heteroatoms. The Labute approximate surface area is 90.5 Å². The molecular formula is C10H11BrN2O. The summed E-state index contributed by atoms with van der Waals surface area (Å²) in [6, 6.07) is 5.41. The molecule has 14 heavy (non-hydrogen) atoms. The number of fused-ring (bicyclic) bond motifs is 1. The summed E-state index contributed by atoms with van der Waals surface area (Å²) in [6.07, 6.45) is 0. The first-order valence-corrected chi connectivity index (χ1v) is 5.63. The third kappa shape index (κ3) is 1.30. The van der Waals surface area contributed by atoms with E-state index in [2.05, 4.69) is 21.0 Å². The summed E-state index contributed by atoms with van der Waals surface area (Å²) < 4.78 is 1.90. The van der Waals surface area contributed by atoms with Crippen LogP contribution in [0.2, 0.25) is 0 Å². The van der Waals surface area contributed by atoms with Gasteiger partial charge in [-0.3, -0.25) is 4.68 Å². The highest BCUT2D eigenvalue weighted by Crippen LogP contribution is 2.28. The van der Waals surface area contributed by atoms with Gasteiger partial charge in [0.25, 0.3) is 0 Å². The Balaban J connectivity index is 2.81. The van der Waals surface area contributed by atoms with E-state index in [9.17, 15) is 5.11 Å². The fourth-order valence-electron chi connectivity index (χ4n) is 1.62. The smallest absolute Gasteiger partial charge is 0.126 e. The quantitative estimate of drug-likeness (QED) is 0.838. The van der Waals surface area contributed by atoms with E-state index in [4.69, 9.17) is 0 Å². The number of hydrogen-bond donors (Lipinski definition) is 1. The van der Waals surface area contributed by atoms with E-state index in [1.165, 1.54) is 0 Å². The molecule has 0 fully saturated rings. The van der Waals surface area contributed by atoms with Crippen molar-refractivity contribution < 1.29 is 5.11 Å². The Morgan fingerprint density at radius 1 is 1.50 bits per heavy atom. The van der Waals surface area contributed by atoms with Crippen molar-refractivity contribution in [3.63, 3.8) is 0 Å². The largest absolute Gasteiger partial charge is 0.507 e. The van der Waals surface area contributed by atoms with Crippen LogP contribution in [0.4, 0.5) is 0 Å². The highest BCUT2D eigenvalue weighted by molar-refractivity contribution is 9.08. The summed E-state index contributed by atoms with van der Waals surface area (Å²) in [5, 5.41) is 15.7. The van der Waals surface area contributed by atoms with Gasteiger partial charge in [0.1, 0.15) is 5.75 Å². The Morgan fingerprint density at radius 3 is 2.93 bits per heavy atom. The minimum atomic E-state index is 0.302. The van der Waals surface area contributed by atoms with Gasteiger partial charge in [-0.15, -0.1) is 0 Å². The maximum atomic E-state index is 9.72. The van der Waals surface area contributed by atoms with E-state index in [1.807, 2.05) is 23.7 Å². The molecule has 2 aromatic rings. The van der Waals surface area contributed by atoms with Crippen LogP contribution in [0.15, 0.2) is 18.2 Å². The number of nitrogens with zero attached hydrogens (tertiary/aromatic N) is 2. The van der Waals surface area contributed by atoms with Crippen LogP contribution >= 0.6 is 15.9 Å². The van der Waals surface area contributed by atoms with Crippen LogP contribution in [0.3, 0.4) is 0 Å². The van der Waals surface area contributed by atoms with Crippen molar-refractivity contribution in [1.29, 1.82) is 0 Å². The first-order chi connectivity index (χ1) is 6.77. The van der Waals surface area contributed by atoms with E-state index >= 15 is 0 Å². The SMILES string of the molecule is CCn1nc2cccc(O)c2c1CBr. The van der Waals surface area contributed by atoms with E-state index in [0.29, 0.717) is 11.1 Å². The predicted molar refractivity (Wildman–Crippen MR) is 59.7 cm³/mol. The van der Waals surface area contributed by atoms with Crippen LogP contribution in [-0.4, -0.2) is 14.9 Å². The number of aromatic hydroxyl groups is 1. The Hall–Kier alpha value is -1.03. The van der Waals surface area contributed by atoms with Crippen molar-refractivity contribution in [2.75, 3.05) is 0 Å². The summed E-state index contributed by atoms with van der Waals surface area (Å²) in [4.78, 5) is 0. The number of hydrogen-bond acceptors (Lipinski definition) is 2. The van der Waals surface area contributed by atoms with E-state index < -0.39 is 0 Å². The third-order valence-corrected chi connectivity index (χ3v) is 2.81. The van der Waals surface area contributed by atoms with Crippen molar-refractivity contribution in [3.8, 4) is 5.75 Å². The van der Waals surface area contributed by atoms with Crippen LogP contribution in [0, 0.1) is 0 Å². The topological polar surface area (TPSA) is 38.0 Å². The zero-order chi connectivity index (χ0) is 10.1. The molecule has 0 aliphatic rings. The van der Waals surface area contributed by atoms with Crippen molar-refractivity contribution in [3.05, 3.63) is 23.9 Å². The molecule has 1 heterocycles. The average molecular weight is 255 g/mol. The number of rotatable bonds is 2. The maximum absolute atomic E-state index is 9.72. The summed E-state index contributed by atoms with van der Waals surface area (Å²) >= 11 is 3.41. The zero-order valence-corrected chi connectivity index (χ0v) is 9.45. The lowest BCUT2D eigenvalue weighted by Gasteiger charge is -2.00. The van der Waals surface area contributed by atoms with Crippen LogP contribution < -0.4 is 0 Å². The number of phenols is 1. The Kier molecular flexibility index (Phi) is 2.46. The predicted octanol–water partition coefficient (Wildman–Crippen LogP) is 2.66. The molecule has 2 rings (SSSR count). The first-order valence-electron chi connectivity index (χ1n) is 4.51. The van der Waals surface area contributed by atoms with E-state index in [1.54, 1.807) is 6.07 Å². The molecule has 0 atom stereocenters. The lowest BCUT2D eigenvalue weighted by Crippen LogP contribution is -2.00. The van der Waals surface area contributed by atoms with E-state index in [-0.39, 0.29) is 0 Å². The number of aromatic nitrogens is 2. The van der Waals surface area contributed by atoms with Crippen molar-refractivity contribution >= 4 is 26.8 Å². The number of alkyl halides is 1. The molecule has 0 spiro atoms. The van der Waals surface area contributed by atoms with Gasteiger partial charge in [-0.1, -0.05) is 22.0 Å². The minimum absolute atomic E-state index is 0.302. The van der Waals surface area contributed by atoms with Gasteiger partial charge in [0.2, 0.25) is 0 Å². The van der Waals surface area contributed by atoms with Crippen molar-refractivity contribution in [2.45, 2.75) is 18.8 Å². The second kappa shape index (κ2) is 3.61. The molecule has 1 aromatic carbocycles. The van der Waals surface area contributed by atoms with Gasteiger partial charge < -0.3 is 5.11 Å². The van der Waals surface area contributed by atoms with Gasteiger partial charge in [0.15, 0.2) is 0 Å². The van der Waals surface area contributed by atoms with Crippen molar-refractivity contribution in [2.24, 2.45) is 0 Å². The second-order valence-corrected chi connectivity index (χ2v) is 3.63. The molecule has 0 unspecified atom stereocenters. The third-order valence-electron chi connectivity index (χ3n) is 2.28. The lowest BCUT2D eigenvalue weighted by molar-refractivity contribution is 0.481. The van der Waals surface area contributed by atoms with Gasteiger partial charge in [0, 0.05) is 11.9 Å². The summed E-state index contributed by atoms with van der Waals surface area (Å²) in [7, 11) is 0. The molecule has 0 aliphatic heterocycles. The molecule has 0 amide bonds. The van der Waals surface area contributed by atoms with E-state index in [0.717, 1.165) is 23.1 Å². The minimum Gasteiger partial charge on any atom is -0.507 e. The molecule has 0 saturated carbocycles. The normalized spacial score (nSPS) is 11.0. The van der Waals surface area contributed by atoms with Gasteiger partial charge in [-0.2, -0.15) is 5.10 Å². The van der Waals surface area contributed by atoms with Crippen LogP contribution in [0.25, 0.3) is 10.9 Å². The molecule has 74 valence electrons. The van der Waals surface area contributed by atoms with Gasteiger partial charge in [-0.05, 0) is 19.1 Å². The zero-order valence-electron chi connectivity index (χ0n) is 7.87. The maximum Gasteiger partial charge on any atom is 0.126 e. The van der Waals surface area contributed by atoms with Crippen LogP contribution in [0.1, 0.15) is 12.6 Å². The fraction of sp³-hybridized carbons (Fsp3) is 0.300. The second-order valence-electron chi connectivity index (χ2n) is 3.07. The monoisotopic (exact) mass is 254 g/mol. The molecular weight excluding hydrogens is 244 g/mol. The number of halogens is 1. The van der Waals surface area contributed by atoms with Gasteiger partial charge in [0.05, 0.1) is 16.6 Å². The first kappa shape index (κ1) is 9.52. The number of phenolic OH excluding ortho intramolecular Hbond substituents is 1.